The summed E-state index contributed by atoms with van der Waals surface area (Å²) in [5.41, 5.74) is 0. The third-order valence-electron chi connectivity index (χ3n) is 1.15. The van der Waals surface area contributed by atoms with Crippen LogP contribution in [0.25, 0.3) is 0 Å². The van der Waals surface area contributed by atoms with Gasteiger partial charge in [0.05, 0.1) is 2.88 Å². The van der Waals surface area contributed by atoms with Gasteiger partial charge in [-0.1, -0.05) is 0 Å². The maximum atomic E-state index is 12.2. The Morgan fingerprint density at radius 3 is 2.42 bits per heavy atom. The lowest BCUT2D eigenvalue weighted by Crippen LogP contribution is -2.02. The minimum atomic E-state index is -4.20. The van der Waals surface area contributed by atoms with Crippen molar-refractivity contribution in [2.75, 3.05) is 6.26 Å². The summed E-state index contributed by atoms with van der Waals surface area (Å²) in [5.74, 6) is 0. The van der Waals surface area contributed by atoms with Gasteiger partial charge in [0.25, 0.3) is 0 Å². The maximum absolute atomic E-state index is 12.2. The molecule has 0 saturated heterocycles. The van der Waals surface area contributed by atoms with Gasteiger partial charge in [-0.2, -0.15) is 13.2 Å². The molecule has 0 atom stereocenters. The molecule has 0 unspecified atom stereocenters. The predicted octanol–water partition coefficient (Wildman–Crippen LogP) is 4.09. The molecule has 1 aromatic heterocycles. The first-order valence-corrected chi connectivity index (χ1v) is 5.97. The van der Waals surface area contributed by atoms with Gasteiger partial charge >= 0.3 is 6.18 Å². The third-order valence-corrected chi connectivity index (χ3v) is 3.98. The number of alkyl halides is 3. The fraction of sp³-hybridized carbons (Fsp3) is 0.333. The lowest BCUT2D eigenvalue weighted by atomic mass is 10.5. The quantitative estimate of drug-likeness (QED) is 0.554. The molecule has 0 bridgehead atoms. The number of hydrogen-bond donors (Lipinski definition) is 0. The van der Waals surface area contributed by atoms with Crippen LogP contribution in [0.3, 0.4) is 0 Å². The van der Waals surface area contributed by atoms with Crippen molar-refractivity contribution in [3.05, 3.63) is 13.8 Å². The molecular weight excluding hydrogens is 320 g/mol. The molecule has 1 heterocycles. The van der Waals surface area contributed by atoms with Crippen molar-refractivity contribution >= 4 is 45.7 Å². The highest BCUT2D eigenvalue weighted by Crippen LogP contribution is 2.41. The molecule has 1 aromatic rings. The van der Waals surface area contributed by atoms with Crippen LogP contribution in [0.4, 0.5) is 13.2 Å². The number of halogens is 4. The average molecular weight is 324 g/mol. The van der Waals surface area contributed by atoms with Crippen molar-refractivity contribution in [2.45, 2.75) is 11.1 Å². The highest BCUT2D eigenvalue weighted by molar-refractivity contribution is 14.1. The molecule has 1 rings (SSSR count). The molecule has 0 aliphatic heterocycles. The van der Waals surface area contributed by atoms with Crippen LogP contribution in [0.15, 0.2) is 11.0 Å². The summed E-state index contributed by atoms with van der Waals surface area (Å²) in [6, 6.07) is 1.55. The molecule has 12 heavy (non-hydrogen) atoms. The topological polar surface area (TPSA) is 0 Å². The lowest BCUT2D eigenvalue weighted by Gasteiger charge is -2.04. The molecule has 0 saturated carbocycles. The Kier molecular flexibility index (Phi) is 3.33. The van der Waals surface area contributed by atoms with Gasteiger partial charge < -0.3 is 0 Å². The Balaban J connectivity index is 3.13. The third kappa shape index (κ3) is 2.29. The van der Waals surface area contributed by atoms with Crippen LogP contribution in [-0.4, -0.2) is 6.26 Å². The van der Waals surface area contributed by atoms with Crippen LogP contribution < -0.4 is 0 Å². The molecule has 0 nitrogen and oxygen atoms in total. The van der Waals surface area contributed by atoms with Crippen molar-refractivity contribution in [1.82, 2.24) is 0 Å². The van der Waals surface area contributed by atoms with Gasteiger partial charge in [-0.05, 0) is 34.9 Å². The second-order valence-corrected chi connectivity index (χ2v) is 5.74. The number of rotatable bonds is 1. The van der Waals surface area contributed by atoms with Crippen LogP contribution in [-0.2, 0) is 6.18 Å². The Labute approximate surface area is 89.7 Å². The summed E-state index contributed by atoms with van der Waals surface area (Å²) in [6.45, 7) is 0. The molecule has 0 amide bonds. The van der Waals surface area contributed by atoms with Gasteiger partial charge in [0.15, 0.2) is 0 Å². The van der Waals surface area contributed by atoms with Crippen LogP contribution in [0.1, 0.15) is 4.88 Å². The number of thiophene rings is 1. The van der Waals surface area contributed by atoms with E-state index in [1.807, 2.05) is 22.6 Å². The zero-order valence-electron chi connectivity index (χ0n) is 5.91. The van der Waals surface area contributed by atoms with Crippen LogP contribution >= 0.6 is 45.7 Å². The van der Waals surface area contributed by atoms with Crippen molar-refractivity contribution < 1.29 is 13.2 Å². The van der Waals surface area contributed by atoms with Gasteiger partial charge in [0, 0.05) is 4.90 Å². The monoisotopic (exact) mass is 324 g/mol. The zero-order chi connectivity index (χ0) is 9.35. The van der Waals surface area contributed by atoms with Gasteiger partial charge in [0.2, 0.25) is 0 Å². The summed E-state index contributed by atoms with van der Waals surface area (Å²) in [5, 5.41) is 0. The molecule has 6 heteroatoms. The van der Waals surface area contributed by atoms with E-state index in [1.54, 1.807) is 12.3 Å². The molecule has 0 aliphatic rings. The first-order valence-electron chi connectivity index (χ1n) is 2.85. The van der Waals surface area contributed by atoms with Crippen LogP contribution in [0, 0.1) is 2.88 Å². The predicted molar refractivity (Wildman–Crippen MR) is 53.8 cm³/mol. The van der Waals surface area contributed by atoms with Crippen LogP contribution in [0.5, 0.6) is 0 Å². The second kappa shape index (κ2) is 3.75. The van der Waals surface area contributed by atoms with Gasteiger partial charge in [-0.3, -0.25) is 0 Å². The Bertz CT molecular complexity index is 279. The molecule has 0 aromatic carbocycles. The summed E-state index contributed by atoms with van der Waals surface area (Å²) < 4.78 is 37.4. The maximum Gasteiger partial charge on any atom is 0.426 e. The smallest absolute Gasteiger partial charge is 0.165 e. The fourth-order valence-corrected chi connectivity index (χ4v) is 3.51. The van der Waals surface area contributed by atoms with Gasteiger partial charge in [-0.25, -0.2) is 0 Å². The number of hydrogen-bond acceptors (Lipinski definition) is 2. The Hall–Kier alpha value is 0.570. The van der Waals surface area contributed by atoms with Crippen molar-refractivity contribution in [3.8, 4) is 0 Å². The molecule has 0 N–H and O–H groups in total. The van der Waals surface area contributed by atoms with E-state index in [9.17, 15) is 13.2 Å². The molecular formula is C6H4F3IS2. The van der Waals surface area contributed by atoms with Crippen molar-refractivity contribution in [1.29, 1.82) is 0 Å². The van der Waals surface area contributed by atoms with Crippen molar-refractivity contribution in [2.24, 2.45) is 0 Å². The first-order chi connectivity index (χ1) is 5.45. The van der Waals surface area contributed by atoms with E-state index in [0.29, 0.717) is 7.78 Å². The molecule has 0 aliphatic carbocycles. The van der Waals surface area contributed by atoms with E-state index in [0.717, 1.165) is 23.1 Å². The summed E-state index contributed by atoms with van der Waals surface area (Å²) >= 11 is 3.81. The molecule has 0 fully saturated rings. The van der Waals surface area contributed by atoms with E-state index < -0.39 is 11.1 Å². The van der Waals surface area contributed by atoms with E-state index in [-0.39, 0.29) is 0 Å². The SMILES string of the molecule is CSc1cc(I)sc1C(F)(F)F. The molecule has 0 radical (unpaired) electrons. The van der Waals surface area contributed by atoms with E-state index in [4.69, 9.17) is 0 Å². The molecule has 0 spiro atoms. The summed E-state index contributed by atoms with van der Waals surface area (Å²) in [7, 11) is 0. The van der Waals surface area contributed by atoms with Crippen molar-refractivity contribution in [3.63, 3.8) is 0 Å². The highest BCUT2D eigenvalue weighted by atomic mass is 127. The first kappa shape index (κ1) is 10.6. The van der Waals surface area contributed by atoms with Crippen LogP contribution in [0.2, 0.25) is 0 Å². The van der Waals surface area contributed by atoms with E-state index >= 15 is 0 Å². The summed E-state index contributed by atoms with van der Waals surface area (Å²) in [6.07, 6.45) is -2.56. The Morgan fingerprint density at radius 2 is 2.08 bits per heavy atom. The average Bonchev–Trinajstić information content (AvgIpc) is 2.29. The zero-order valence-corrected chi connectivity index (χ0v) is 9.70. The van der Waals surface area contributed by atoms with Gasteiger partial charge in [-0.15, -0.1) is 23.1 Å². The Morgan fingerprint density at radius 1 is 1.50 bits per heavy atom. The van der Waals surface area contributed by atoms with E-state index in [1.165, 1.54) is 0 Å². The highest BCUT2D eigenvalue weighted by Gasteiger charge is 2.35. The van der Waals surface area contributed by atoms with E-state index in [2.05, 4.69) is 0 Å². The minimum absolute atomic E-state index is 0.317. The number of thioether (sulfide) groups is 1. The normalized spacial score (nSPS) is 12.1. The standard InChI is InChI=1S/C6H4F3IS2/c1-11-3-2-4(10)12-5(3)6(7,8)9/h2H,1H3. The fourth-order valence-electron chi connectivity index (χ4n) is 0.695. The summed E-state index contributed by atoms with van der Waals surface area (Å²) in [4.78, 5) is -0.170. The molecule has 68 valence electrons. The largest absolute Gasteiger partial charge is 0.426 e. The minimum Gasteiger partial charge on any atom is -0.165 e. The van der Waals surface area contributed by atoms with Gasteiger partial charge in [0.1, 0.15) is 4.88 Å². The second-order valence-electron chi connectivity index (χ2n) is 1.95. The lowest BCUT2D eigenvalue weighted by molar-refractivity contribution is -0.136.